The van der Waals surface area contributed by atoms with Crippen molar-refractivity contribution in [3.63, 3.8) is 0 Å². The number of anilines is 1. The highest BCUT2D eigenvalue weighted by Gasteiger charge is 2.21. The van der Waals surface area contributed by atoms with Crippen molar-refractivity contribution in [3.05, 3.63) is 88.9 Å². The van der Waals surface area contributed by atoms with Gasteiger partial charge >= 0.3 is 0 Å². The molecule has 32 heavy (non-hydrogen) atoms. The van der Waals surface area contributed by atoms with E-state index >= 15 is 0 Å². The zero-order valence-electron chi connectivity index (χ0n) is 17.3. The van der Waals surface area contributed by atoms with Crippen LogP contribution in [0, 0.1) is 11.6 Å². The van der Waals surface area contributed by atoms with Crippen LogP contribution in [0.2, 0.25) is 0 Å². The quantitative estimate of drug-likeness (QED) is 0.379. The van der Waals surface area contributed by atoms with Crippen molar-refractivity contribution in [1.82, 2.24) is 20.2 Å². The molecule has 4 aromatic rings. The third-order valence-electron chi connectivity index (χ3n) is 4.85. The van der Waals surface area contributed by atoms with Crippen LogP contribution in [0.4, 0.5) is 14.5 Å². The number of carbonyl (C=O) groups is 1. The van der Waals surface area contributed by atoms with E-state index < -0.39 is 23.1 Å². The lowest BCUT2D eigenvalue weighted by atomic mass is 10.1. The molecule has 0 saturated carbocycles. The molecule has 1 amide bonds. The predicted octanol–water partition coefficient (Wildman–Crippen LogP) is 4.46. The first kappa shape index (κ1) is 21.4. The molecule has 0 saturated heterocycles. The van der Waals surface area contributed by atoms with Gasteiger partial charge in [0.25, 0.3) is 5.91 Å². The number of halogens is 2. The number of H-pyrrole nitrogens is 2. The molecule has 3 N–H and O–H groups in total. The summed E-state index contributed by atoms with van der Waals surface area (Å²) in [7, 11) is 0. The Hall–Kier alpha value is -3.85. The molecule has 0 aliphatic carbocycles. The van der Waals surface area contributed by atoms with Gasteiger partial charge in [0.15, 0.2) is 5.82 Å². The molecule has 0 fully saturated rings. The number of imidazole rings is 1. The molecule has 4 rings (SSSR count). The van der Waals surface area contributed by atoms with Gasteiger partial charge in [0.2, 0.25) is 0 Å². The molecular formula is C23H21F2N5O2. The summed E-state index contributed by atoms with van der Waals surface area (Å²) < 4.78 is 33.5. The fourth-order valence-electron chi connectivity index (χ4n) is 3.29. The van der Waals surface area contributed by atoms with Crippen LogP contribution in [0.3, 0.4) is 0 Å². The zero-order chi connectivity index (χ0) is 22.5. The molecule has 2 aromatic heterocycles. The highest BCUT2D eigenvalue weighted by molar-refractivity contribution is 6.06. The summed E-state index contributed by atoms with van der Waals surface area (Å²) in [6, 6.07) is 13.1. The lowest BCUT2D eigenvalue weighted by molar-refractivity contribution is 0.101. The normalized spacial score (nSPS) is 11.0. The largest absolute Gasteiger partial charge is 0.375 e. The highest BCUT2D eigenvalue weighted by Crippen LogP contribution is 2.26. The number of nitrogens with one attached hydrogen (secondary N) is 3. The Morgan fingerprint density at radius 1 is 1.09 bits per heavy atom. The van der Waals surface area contributed by atoms with E-state index in [9.17, 15) is 13.6 Å². The smallest absolute Gasteiger partial charge is 0.261 e. The fourth-order valence-corrected chi connectivity index (χ4v) is 3.29. The standard InChI is InChI=1S/C23H21F2N5O2/c1-2-32-13-19-17(11-14-7-4-3-5-8-14)27-22(28-19)21-18(12-26-30-21)29-23(31)20-15(24)9-6-10-16(20)25/h3-10,12H,2,11,13H2,1H3,(H,26,30)(H,27,28)(H,29,31). The summed E-state index contributed by atoms with van der Waals surface area (Å²) in [5, 5.41) is 9.24. The fraction of sp³-hybridized carbons (Fsp3) is 0.174. The van der Waals surface area contributed by atoms with Crippen LogP contribution in [-0.4, -0.2) is 32.7 Å². The van der Waals surface area contributed by atoms with Crippen LogP contribution in [0.15, 0.2) is 54.7 Å². The van der Waals surface area contributed by atoms with Crippen molar-refractivity contribution in [3.8, 4) is 11.5 Å². The number of nitrogens with zero attached hydrogens (tertiary/aromatic N) is 2. The Labute approximate surface area is 182 Å². The molecule has 0 unspecified atom stereocenters. The minimum absolute atomic E-state index is 0.237. The maximum Gasteiger partial charge on any atom is 0.261 e. The summed E-state index contributed by atoms with van der Waals surface area (Å²) in [5.74, 6) is -2.40. The molecule has 0 bridgehead atoms. The number of aromatic amines is 2. The second-order valence-corrected chi connectivity index (χ2v) is 7.02. The number of hydrogen-bond acceptors (Lipinski definition) is 4. The second-order valence-electron chi connectivity index (χ2n) is 7.02. The van der Waals surface area contributed by atoms with Gasteiger partial charge in [-0.25, -0.2) is 13.8 Å². The van der Waals surface area contributed by atoms with Gasteiger partial charge in [0.1, 0.15) is 22.9 Å². The molecule has 2 aromatic carbocycles. The van der Waals surface area contributed by atoms with E-state index in [4.69, 9.17) is 4.74 Å². The molecule has 164 valence electrons. The van der Waals surface area contributed by atoms with Gasteiger partial charge in [-0.2, -0.15) is 5.10 Å². The molecule has 9 heteroatoms. The Balaban J connectivity index is 1.63. The van der Waals surface area contributed by atoms with Crippen LogP contribution < -0.4 is 5.32 Å². The third-order valence-corrected chi connectivity index (χ3v) is 4.85. The van der Waals surface area contributed by atoms with Crippen molar-refractivity contribution in [2.75, 3.05) is 11.9 Å². The SMILES string of the molecule is CCOCc1nc(-c2[nH]ncc2NC(=O)c2c(F)cccc2F)[nH]c1Cc1ccccc1. The molecule has 0 radical (unpaired) electrons. The minimum atomic E-state index is -0.949. The van der Waals surface area contributed by atoms with Gasteiger partial charge in [-0.3, -0.25) is 9.89 Å². The topological polar surface area (TPSA) is 95.7 Å². The van der Waals surface area contributed by atoms with Crippen LogP contribution in [0.25, 0.3) is 11.5 Å². The van der Waals surface area contributed by atoms with Crippen LogP contribution in [0.5, 0.6) is 0 Å². The van der Waals surface area contributed by atoms with Crippen molar-refractivity contribution in [1.29, 1.82) is 0 Å². The maximum atomic E-state index is 14.0. The Kier molecular flexibility index (Phi) is 6.37. The lowest BCUT2D eigenvalue weighted by Crippen LogP contribution is -2.16. The van der Waals surface area contributed by atoms with Gasteiger partial charge in [-0.15, -0.1) is 0 Å². The number of benzene rings is 2. The summed E-state index contributed by atoms with van der Waals surface area (Å²) >= 11 is 0. The molecule has 0 atom stereocenters. The average molecular weight is 437 g/mol. The van der Waals surface area contributed by atoms with Gasteiger partial charge in [-0.05, 0) is 24.6 Å². The van der Waals surface area contributed by atoms with E-state index in [0.717, 1.165) is 29.1 Å². The van der Waals surface area contributed by atoms with E-state index in [2.05, 4.69) is 25.5 Å². The van der Waals surface area contributed by atoms with Crippen molar-refractivity contribution in [2.24, 2.45) is 0 Å². The van der Waals surface area contributed by atoms with E-state index in [-0.39, 0.29) is 5.69 Å². The van der Waals surface area contributed by atoms with Crippen molar-refractivity contribution < 1.29 is 18.3 Å². The number of hydrogen-bond donors (Lipinski definition) is 3. The predicted molar refractivity (Wildman–Crippen MR) is 115 cm³/mol. The van der Waals surface area contributed by atoms with Gasteiger partial charge in [0.05, 0.1) is 24.2 Å². The van der Waals surface area contributed by atoms with E-state index in [1.54, 1.807) is 0 Å². The molecule has 7 nitrogen and oxygen atoms in total. The molecule has 2 heterocycles. The van der Waals surface area contributed by atoms with Gasteiger partial charge in [-0.1, -0.05) is 36.4 Å². The van der Waals surface area contributed by atoms with E-state index in [1.807, 2.05) is 37.3 Å². The molecule has 0 spiro atoms. The number of amides is 1. The Bertz CT molecular complexity index is 1200. The van der Waals surface area contributed by atoms with Crippen LogP contribution in [0.1, 0.15) is 34.2 Å². The number of aromatic nitrogens is 4. The molecular weight excluding hydrogens is 416 g/mol. The van der Waals surface area contributed by atoms with E-state index in [0.29, 0.717) is 31.2 Å². The number of ether oxygens (including phenoxy) is 1. The first-order valence-corrected chi connectivity index (χ1v) is 10.0. The highest BCUT2D eigenvalue weighted by atomic mass is 19.1. The Morgan fingerprint density at radius 2 is 1.84 bits per heavy atom. The van der Waals surface area contributed by atoms with Gasteiger partial charge in [0, 0.05) is 18.7 Å². The monoisotopic (exact) mass is 437 g/mol. The summed E-state index contributed by atoms with van der Waals surface area (Å²) in [4.78, 5) is 20.4. The second kappa shape index (κ2) is 9.52. The summed E-state index contributed by atoms with van der Waals surface area (Å²) in [6.45, 7) is 2.74. The number of rotatable bonds is 8. The first-order chi connectivity index (χ1) is 15.6. The lowest BCUT2D eigenvalue weighted by Gasteiger charge is -2.06. The maximum absolute atomic E-state index is 14.0. The summed E-state index contributed by atoms with van der Waals surface area (Å²) in [6.07, 6.45) is 1.96. The van der Waals surface area contributed by atoms with Gasteiger partial charge < -0.3 is 15.0 Å². The van der Waals surface area contributed by atoms with Crippen molar-refractivity contribution >= 4 is 11.6 Å². The Morgan fingerprint density at radius 3 is 2.56 bits per heavy atom. The molecule has 0 aliphatic heterocycles. The molecule has 0 aliphatic rings. The van der Waals surface area contributed by atoms with E-state index in [1.165, 1.54) is 12.3 Å². The summed E-state index contributed by atoms with van der Waals surface area (Å²) in [5.41, 5.74) is 2.62. The van der Waals surface area contributed by atoms with Crippen LogP contribution in [-0.2, 0) is 17.8 Å². The zero-order valence-corrected chi connectivity index (χ0v) is 17.3. The van der Waals surface area contributed by atoms with Crippen molar-refractivity contribution in [2.45, 2.75) is 20.0 Å². The first-order valence-electron chi connectivity index (χ1n) is 10.0. The van der Waals surface area contributed by atoms with Crippen LogP contribution >= 0.6 is 0 Å². The average Bonchev–Trinajstić information content (AvgIpc) is 3.39. The third kappa shape index (κ3) is 4.57. The minimum Gasteiger partial charge on any atom is -0.375 e. The number of carbonyl (C=O) groups excluding carboxylic acids is 1.